The average Bonchev–Trinajstić information content (AvgIpc) is 2.85. The number of benzene rings is 2. The molecular weight excluding hydrogens is 414 g/mol. The lowest BCUT2D eigenvalue weighted by atomic mass is 9.73. The van der Waals surface area contributed by atoms with E-state index in [9.17, 15) is 14.7 Å². The number of rotatable bonds is 5. The Hall–Kier alpha value is -3.77. The van der Waals surface area contributed by atoms with Crippen LogP contribution in [0.2, 0.25) is 0 Å². The zero-order valence-corrected chi connectivity index (χ0v) is 18.1. The maximum absolute atomic E-state index is 12.9. The van der Waals surface area contributed by atoms with Crippen molar-refractivity contribution >= 4 is 24.0 Å². The van der Waals surface area contributed by atoms with Gasteiger partial charge in [0.15, 0.2) is 0 Å². The smallest absolute Gasteiger partial charge is 0.255 e. The second-order valence-electron chi connectivity index (χ2n) is 8.48. The maximum atomic E-state index is 12.9. The highest BCUT2D eigenvalue weighted by Crippen LogP contribution is 2.43. The van der Waals surface area contributed by atoms with Gasteiger partial charge >= 0.3 is 0 Å². The molecule has 0 spiro atoms. The Bertz CT molecular complexity index is 1160. The number of aliphatic hydroxyl groups is 1. The molecule has 1 aromatic heterocycles. The minimum atomic E-state index is -0.260. The summed E-state index contributed by atoms with van der Waals surface area (Å²) in [7, 11) is 0. The number of hydrogen-bond donors (Lipinski definition) is 1. The van der Waals surface area contributed by atoms with E-state index in [1.807, 2.05) is 18.2 Å². The van der Waals surface area contributed by atoms with Gasteiger partial charge in [0.25, 0.3) is 5.91 Å². The van der Waals surface area contributed by atoms with E-state index in [0.29, 0.717) is 12.1 Å². The number of carbonyl (C=O) groups excluding carboxylic acids is 2. The molecule has 6 nitrogen and oxygen atoms in total. The molecule has 0 radical (unpaired) electrons. The molecule has 2 fully saturated rings. The second kappa shape index (κ2) is 9.00. The normalized spacial score (nSPS) is 22.2. The van der Waals surface area contributed by atoms with Gasteiger partial charge in [-0.2, -0.15) is 0 Å². The Balaban J connectivity index is 1.34. The summed E-state index contributed by atoms with van der Waals surface area (Å²) in [6.07, 6.45) is 7.27. The molecule has 3 atom stereocenters. The fraction of sp³-hybridized carbons (Fsp3) is 0.222. The van der Waals surface area contributed by atoms with Gasteiger partial charge in [0, 0.05) is 24.9 Å². The van der Waals surface area contributed by atoms with Gasteiger partial charge in [-0.15, -0.1) is 0 Å². The van der Waals surface area contributed by atoms with Crippen molar-refractivity contribution in [1.29, 1.82) is 0 Å². The summed E-state index contributed by atoms with van der Waals surface area (Å²) < 4.78 is 0. The number of hydrogen-bond acceptors (Lipinski definition) is 4. The van der Waals surface area contributed by atoms with E-state index in [0.717, 1.165) is 16.7 Å². The number of pyridine rings is 1. The Labute approximate surface area is 192 Å². The monoisotopic (exact) mass is 439 g/mol. The van der Waals surface area contributed by atoms with E-state index in [4.69, 9.17) is 0 Å². The SMILES string of the molecule is O=C(c1cccnc1)N1CC(=O)N2[C@H](CO)[C@@H](c3ccc(/C=C/c4ccccc4)cc3)[C@H]2C1. The van der Waals surface area contributed by atoms with Gasteiger partial charge in [-0.25, -0.2) is 0 Å². The predicted molar refractivity (Wildman–Crippen MR) is 126 cm³/mol. The molecular formula is C27H25N3O3. The number of amides is 2. The molecule has 5 rings (SSSR count). The van der Waals surface area contributed by atoms with Crippen LogP contribution in [0.5, 0.6) is 0 Å². The number of nitrogens with zero attached hydrogens (tertiary/aromatic N) is 3. The molecule has 1 N–H and O–H groups in total. The first kappa shape index (κ1) is 21.1. The molecule has 2 saturated heterocycles. The molecule has 3 aromatic rings. The van der Waals surface area contributed by atoms with Crippen LogP contribution in [0.1, 0.15) is 33.0 Å². The summed E-state index contributed by atoms with van der Waals surface area (Å²) in [5.41, 5.74) is 3.75. The summed E-state index contributed by atoms with van der Waals surface area (Å²) in [4.78, 5) is 33.1. The summed E-state index contributed by atoms with van der Waals surface area (Å²) in [6.45, 7) is 0.367. The Kier molecular flexibility index (Phi) is 5.75. The van der Waals surface area contributed by atoms with Crippen molar-refractivity contribution in [3.8, 4) is 0 Å². The number of fused-ring (bicyclic) bond motifs is 1. The van der Waals surface area contributed by atoms with Gasteiger partial charge in [-0.1, -0.05) is 66.7 Å². The van der Waals surface area contributed by atoms with Crippen molar-refractivity contribution in [3.63, 3.8) is 0 Å². The van der Waals surface area contributed by atoms with Gasteiger partial charge < -0.3 is 14.9 Å². The van der Waals surface area contributed by atoms with Crippen LogP contribution in [0.25, 0.3) is 12.2 Å². The molecule has 0 saturated carbocycles. The summed E-state index contributed by atoms with van der Waals surface area (Å²) in [5.74, 6) is -0.333. The van der Waals surface area contributed by atoms with Crippen molar-refractivity contribution in [2.24, 2.45) is 0 Å². The van der Waals surface area contributed by atoms with Crippen LogP contribution in [-0.2, 0) is 4.79 Å². The minimum Gasteiger partial charge on any atom is -0.394 e. The molecule has 0 aliphatic carbocycles. The highest BCUT2D eigenvalue weighted by atomic mass is 16.3. The van der Waals surface area contributed by atoms with Crippen molar-refractivity contribution in [2.75, 3.05) is 19.7 Å². The molecule has 0 unspecified atom stereocenters. The van der Waals surface area contributed by atoms with Crippen LogP contribution in [0.15, 0.2) is 79.1 Å². The average molecular weight is 440 g/mol. The third-order valence-electron chi connectivity index (χ3n) is 6.54. The number of aromatic nitrogens is 1. The zero-order valence-electron chi connectivity index (χ0n) is 18.1. The summed E-state index contributed by atoms with van der Waals surface area (Å²) in [6, 6.07) is 21.4. The van der Waals surface area contributed by atoms with Crippen LogP contribution in [0, 0.1) is 0 Å². The minimum absolute atomic E-state index is 0.0180. The van der Waals surface area contributed by atoms with Gasteiger partial charge in [-0.05, 0) is 28.8 Å². The lowest BCUT2D eigenvalue weighted by molar-refractivity contribution is -0.159. The van der Waals surface area contributed by atoms with Gasteiger partial charge in [-0.3, -0.25) is 14.6 Å². The van der Waals surface area contributed by atoms with Crippen molar-refractivity contribution in [3.05, 3.63) is 101 Å². The predicted octanol–water partition coefficient (Wildman–Crippen LogP) is 3.06. The number of piperazine rings is 1. The van der Waals surface area contributed by atoms with Gasteiger partial charge in [0.05, 0.1) is 24.3 Å². The third kappa shape index (κ3) is 4.05. The first-order valence-electron chi connectivity index (χ1n) is 11.1. The largest absolute Gasteiger partial charge is 0.394 e. The van der Waals surface area contributed by atoms with E-state index >= 15 is 0 Å². The van der Waals surface area contributed by atoms with Crippen molar-refractivity contribution in [1.82, 2.24) is 14.8 Å². The topological polar surface area (TPSA) is 73.7 Å². The van der Waals surface area contributed by atoms with Crippen LogP contribution in [0.3, 0.4) is 0 Å². The first-order chi connectivity index (χ1) is 16.2. The van der Waals surface area contributed by atoms with Crippen LogP contribution < -0.4 is 0 Å². The zero-order chi connectivity index (χ0) is 22.8. The Morgan fingerprint density at radius 1 is 1.00 bits per heavy atom. The second-order valence-corrected chi connectivity index (χ2v) is 8.48. The molecule has 33 heavy (non-hydrogen) atoms. The molecule has 3 heterocycles. The van der Waals surface area contributed by atoms with Crippen molar-refractivity contribution < 1.29 is 14.7 Å². The fourth-order valence-electron chi connectivity index (χ4n) is 4.91. The molecule has 2 aliphatic rings. The quantitative estimate of drug-likeness (QED) is 0.620. The summed E-state index contributed by atoms with van der Waals surface area (Å²) in [5, 5.41) is 10.00. The molecule has 2 aliphatic heterocycles. The highest BCUT2D eigenvalue weighted by Gasteiger charge is 2.54. The summed E-state index contributed by atoms with van der Waals surface area (Å²) >= 11 is 0. The standard InChI is InChI=1S/C27H25N3O3/c31-18-24-26(21-12-10-20(11-13-21)9-8-19-5-2-1-3-6-19)23-16-29(17-25(32)30(23)24)27(33)22-7-4-14-28-15-22/h1-15,23-24,26,31H,16-18H2/b9-8+/t23-,24-,26+/m1/s1. The molecule has 0 bridgehead atoms. The maximum Gasteiger partial charge on any atom is 0.255 e. The van der Waals surface area contributed by atoms with Crippen molar-refractivity contribution in [2.45, 2.75) is 18.0 Å². The highest BCUT2D eigenvalue weighted by molar-refractivity contribution is 5.97. The fourth-order valence-corrected chi connectivity index (χ4v) is 4.91. The lowest BCUT2D eigenvalue weighted by Gasteiger charge is -2.58. The number of aliphatic hydroxyl groups excluding tert-OH is 1. The van der Waals surface area contributed by atoms with E-state index in [-0.39, 0.29) is 43.0 Å². The third-order valence-corrected chi connectivity index (χ3v) is 6.54. The van der Waals surface area contributed by atoms with E-state index in [1.54, 1.807) is 28.1 Å². The van der Waals surface area contributed by atoms with Crippen LogP contribution >= 0.6 is 0 Å². The van der Waals surface area contributed by atoms with E-state index < -0.39 is 0 Å². The van der Waals surface area contributed by atoms with Gasteiger partial charge in [0.1, 0.15) is 6.54 Å². The Morgan fingerprint density at radius 2 is 1.73 bits per heavy atom. The molecule has 166 valence electrons. The van der Waals surface area contributed by atoms with Crippen LogP contribution in [-0.4, -0.2) is 63.5 Å². The van der Waals surface area contributed by atoms with E-state index in [1.165, 1.54) is 6.20 Å². The molecule has 2 aromatic carbocycles. The lowest BCUT2D eigenvalue weighted by Crippen LogP contribution is -2.73. The van der Waals surface area contributed by atoms with Crippen LogP contribution in [0.4, 0.5) is 0 Å². The van der Waals surface area contributed by atoms with Gasteiger partial charge in [0.2, 0.25) is 5.91 Å². The number of carbonyl (C=O) groups is 2. The van der Waals surface area contributed by atoms with E-state index in [2.05, 4.69) is 53.5 Å². The molecule has 2 amide bonds. The molecule has 6 heteroatoms. The Morgan fingerprint density at radius 3 is 2.39 bits per heavy atom. The first-order valence-corrected chi connectivity index (χ1v) is 11.1.